The molecule has 0 heterocycles. The van der Waals surface area contributed by atoms with E-state index in [0.29, 0.717) is 12.4 Å². The largest absolute Gasteiger partial charge is 0.504 e. The number of hydrogen-bond acceptors (Lipinski definition) is 5. The molecule has 0 spiro atoms. The highest BCUT2D eigenvalue weighted by Crippen LogP contribution is 2.26. The summed E-state index contributed by atoms with van der Waals surface area (Å²) in [6, 6.07) is 5.42. The standard InChI is InChI=1S/C14H23NO3S/c1-2-18-14-10-12(4-5-13(14)17)11-15-6-9-19-8-3-7-16/h4-5,10,15-17H,2-3,6-9,11H2,1H3. The number of phenolic OH excluding ortho intramolecular Hbond substituents is 1. The zero-order chi connectivity index (χ0) is 13.9. The predicted octanol–water partition coefficient (Wildman–Crippen LogP) is 2.00. The van der Waals surface area contributed by atoms with E-state index in [0.717, 1.165) is 36.6 Å². The Morgan fingerprint density at radius 1 is 1.32 bits per heavy atom. The Morgan fingerprint density at radius 2 is 2.16 bits per heavy atom. The molecule has 0 fully saturated rings. The van der Waals surface area contributed by atoms with Gasteiger partial charge in [-0.1, -0.05) is 6.07 Å². The maximum atomic E-state index is 9.59. The maximum absolute atomic E-state index is 9.59. The van der Waals surface area contributed by atoms with Crippen LogP contribution < -0.4 is 10.1 Å². The molecule has 0 radical (unpaired) electrons. The first-order valence-electron chi connectivity index (χ1n) is 6.62. The lowest BCUT2D eigenvalue weighted by atomic mass is 10.2. The summed E-state index contributed by atoms with van der Waals surface area (Å²) in [4.78, 5) is 0. The van der Waals surface area contributed by atoms with E-state index in [9.17, 15) is 5.11 Å². The normalized spacial score (nSPS) is 10.6. The average Bonchev–Trinajstić information content (AvgIpc) is 2.41. The van der Waals surface area contributed by atoms with E-state index in [1.165, 1.54) is 0 Å². The van der Waals surface area contributed by atoms with Gasteiger partial charge in [-0.2, -0.15) is 11.8 Å². The van der Waals surface area contributed by atoms with Crippen molar-refractivity contribution in [2.75, 3.05) is 31.3 Å². The van der Waals surface area contributed by atoms with E-state index in [2.05, 4.69) is 5.32 Å². The second-order valence-electron chi connectivity index (χ2n) is 4.10. The number of ether oxygens (including phenoxy) is 1. The van der Waals surface area contributed by atoms with Crippen molar-refractivity contribution in [1.82, 2.24) is 5.32 Å². The molecule has 0 aliphatic rings. The van der Waals surface area contributed by atoms with Crippen LogP contribution in [0.4, 0.5) is 0 Å². The second kappa shape index (κ2) is 9.95. The SMILES string of the molecule is CCOc1cc(CNCCSCCCO)ccc1O. The molecule has 0 amide bonds. The van der Waals surface area contributed by atoms with Gasteiger partial charge in [0.05, 0.1) is 6.61 Å². The molecule has 0 saturated carbocycles. The van der Waals surface area contributed by atoms with Crippen molar-refractivity contribution in [2.24, 2.45) is 0 Å². The number of hydrogen-bond donors (Lipinski definition) is 3. The third-order valence-corrected chi connectivity index (χ3v) is 3.59. The van der Waals surface area contributed by atoms with Crippen molar-refractivity contribution >= 4 is 11.8 Å². The Hall–Kier alpha value is -0.910. The number of thioether (sulfide) groups is 1. The van der Waals surface area contributed by atoms with Crippen LogP contribution in [0.1, 0.15) is 18.9 Å². The van der Waals surface area contributed by atoms with Crippen molar-refractivity contribution in [3.8, 4) is 11.5 Å². The molecule has 0 bridgehead atoms. The Bertz CT molecular complexity index is 361. The monoisotopic (exact) mass is 285 g/mol. The molecule has 0 aliphatic heterocycles. The Kier molecular flexibility index (Phi) is 8.45. The number of aliphatic hydroxyl groups excluding tert-OH is 1. The first kappa shape index (κ1) is 16.1. The van der Waals surface area contributed by atoms with Gasteiger partial charge in [0, 0.05) is 25.4 Å². The minimum atomic E-state index is 0.185. The fourth-order valence-corrected chi connectivity index (χ4v) is 2.41. The highest BCUT2D eigenvalue weighted by atomic mass is 32.2. The highest BCUT2D eigenvalue weighted by Gasteiger charge is 2.03. The van der Waals surface area contributed by atoms with Gasteiger partial charge in [0.1, 0.15) is 0 Å². The smallest absolute Gasteiger partial charge is 0.161 e. The molecule has 0 unspecified atom stereocenters. The second-order valence-corrected chi connectivity index (χ2v) is 5.33. The number of nitrogens with one attached hydrogen (secondary N) is 1. The molecule has 0 saturated heterocycles. The summed E-state index contributed by atoms with van der Waals surface area (Å²) in [6.45, 7) is 4.41. The summed E-state index contributed by atoms with van der Waals surface area (Å²) in [7, 11) is 0. The van der Waals surface area contributed by atoms with E-state index in [1.807, 2.05) is 30.8 Å². The van der Waals surface area contributed by atoms with Crippen molar-refractivity contribution in [3.63, 3.8) is 0 Å². The highest BCUT2D eigenvalue weighted by molar-refractivity contribution is 7.99. The van der Waals surface area contributed by atoms with E-state index < -0.39 is 0 Å². The van der Waals surface area contributed by atoms with E-state index in [4.69, 9.17) is 9.84 Å². The number of aromatic hydroxyl groups is 1. The molecular formula is C14H23NO3S. The molecule has 0 aliphatic carbocycles. The molecule has 3 N–H and O–H groups in total. The number of rotatable bonds is 10. The average molecular weight is 285 g/mol. The van der Waals surface area contributed by atoms with E-state index >= 15 is 0 Å². The summed E-state index contributed by atoms with van der Waals surface area (Å²) in [6.07, 6.45) is 0.861. The third kappa shape index (κ3) is 6.71. The van der Waals surface area contributed by atoms with Crippen LogP contribution >= 0.6 is 11.8 Å². The molecule has 1 aromatic rings. The first-order valence-corrected chi connectivity index (χ1v) is 7.77. The van der Waals surface area contributed by atoms with Gasteiger partial charge < -0.3 is 20.3 Å². The van der Waals surface area contributed by atoms with Gasteiger partial charge in [-0.15, -0.1) is 0 Å². The molecule has 0 atom stereocenters. The number of benzene rings is 1. The lowest BCUT2D eigenvalue weighted by Crippen LogP contribution is -2.16. The van der Waals surface area contributed by atoms with Crippen LogP contribution in [0.25, 0.3) is 0 Å². The van der Waals surface area contributed by atoms with Crippen molar-refractivity contribution in [2.45, 2.75) is 19.9 Å². The summed E-state index contributed by atoms with van der Waals surface area (Å²) >= 11 is 1.84. The molecule has 1 rings (SSSR count). The molecular weight excluding hydrogens is 262 g/mol. The maximum Gasteiger partial charge on any atom is 0.161 e. The van der Waals surface area contributed by atoms with E-state index in [1.54, 1.807) is 6.07 Å². The van der Waals surface area contributed by atoms with Gasteiger partial charge in [-0.25, -0.2) is 0 Å². The van der Waals surface area contributed by atoms with Crippen molar-refractivity contribution in [1.29, 1.82) is 0 Å². The van der Waals surface area contributed by atoms with Crippen molar-refractivity contribution < 1.29 is 14.9 Å². The molecule has 4 nitrogen and oxygen atoms in total. The molecule has 1 aromatic carbocycles. The van der Waals surface area contributed by atoms with E-state index in [-0.39, 0.29) is 12.4 Å². The third-order valence-electron chi connectivity index (χ3n) is 2.52. The van der Waals surface area contributed by atoms with Crippen molar-refractivity contribution in [3.05, 3.63) is 23.8 Å². The molecule has 5 heteroatoms. The Labute approximate surface area is 119 Å². The summed E-state index contributed by atoms with van der Waals surface area (Å²) < 4.78 is 5.34. The molecule has 19 heavy (non-hydrogen) atoms. The van der Waals surface area contributed by atoms with Gasteiger partial charge in [0.15, 0.2) is 11.5 Å². The van der Waals surface area contributed by atoms with Crippen LogP contribution in [0.5, 0.6) is 11.5 Å². The van der Waals surface area contributed by atoms with Crippen LogP contribution in [0.3, 0.4) is 0 Å². The van der Waals surface area contributed by atoms with Crippen LogP contribution in [0.2, 0.25) is 0 Å². The quantitative estimate of drug-likeness (QED) is 0.574. The first-order chi connectivity index (χ1) is 9.27. The fourth-order valence-electron chi connectivity index (χ4n) is 1.59. The van der Waals surface area contributed by atoms with Crippen LogP contribution in [0, 0.1) is 0 Å². The lowest BCUT2D eigenvalue weighted by Gasteiger charge is -2.09. The summed E-state index contributed by atoms with van der Waals surface area (Å²) in [5.74, 6) is 2.77. The molecule has 0 aromatic heterocycles. The van der Waals surface area contributed by atoms with Gasteiger partial charge in [0.2, 0.25) is 0 Å². The van der Waals surface area contributed by atoms with Crippen LogP contribution in [0.15, 0.2) is 18.2 Å². The summed E-state index contributed by atoms with van der Waals surface area (Å²) in [5, 5.41) is 21.6. The fraction of sp³-hybridized carbons (Fsp3) is 0.571. The predicted molar refractivity (Wildman–Crippen MR) is 80.0 cm³/mol. The van der Waals surface area contributed by atoms with Crippen LogP contribution in [-0.4, -0.2) is 41.5 Å². The number of aliphatic hydroxyl groups is 1. The summed E-state index contributed by atoms with van der Waals surface area (Å²) in [5.41, 5.74) is 1.10. The Morgan fingerprint density at radius 3 is 2.89 bits per heavy atom. The topological polar surface area (TPSA) is 61.7 Å². The number of phenols is 1. The molecule has 108 valence electrons. The van der Waals surface area contributed by atoms with Crippen LogP contribution in [-0.2, 0) is 6.54 Å². The van der Waals surface area contributed by atoms with Gasteiger partial charge in [-0.3, -0.25) is 0 Å². The van der Waals surface area contributed by atoms with Gasteiger partial charge in [0.25, 0.3) is 0 Å². The lowest BCUT2D eigenvalue weighted by molar-refractivity contribution is 0.296. The van der Waals surface area contributed by atoms with Gasteiger partial charge >= 0.3 is 0 Å². The Balaban J connectivity index is 2.23. The minimum Gasteiger partial charge on any atom is -0.504 e. The minimum absolute atomic E-state index is 0.185. The zero-order valence-corrected chi connectivity index (χ0v) is 12.2. The zero-order valence-electron chi connectivity index (χ0n) is 11.4. The van der Waals surface area contributed by atoms with Gasteiger partial charge in [-0.05, 0) is 36.8 Å².